The van der Waals surface area contributed by atoms with Crippen LogP contribution in [0.25, 0.3) is 11.4 Å². The van der Waals surface area contributed by atoms with Gasteiger partial charge in [0.15, 0.2) is 11.6 Å². The number of hydrogen-bond acceptors (Lipinski definition) is 7. The predicted molar refractivity (Wildman–Crippen MR) is 81.0 cm³/mol. The SMILES string of the molecule is CCC(Nc1nc(-c2ccccc2)ns1)c1noc(C)n1. The lowest BCUT2D eigenvalue weighted by Crippen LogP contribution is -2.11. The van der Waals surface area contributed by atoms with E-state index in [-0.39, 0.29) is 6.04 Å². The van der Waals surface area contributed by atoms with Crippen LogP contribution in [0.15, 0.2) is 34.9 Å². The standard InChI is InChI=1S/C14H15N5OS/c1-3-11(13-15-9(2)20-18-13)16-14-17-12(19-21-14)10-7-5-4-6-8-10/h4-8,11H,3H2,1-2H3,(H,16,17,19). The molecule has 6 nitrogen and oxygen atoms in total. The van der Waals surface area contributed by atoms with Gasteiger partial charge in [0.2, 0.25) is 11.0 Å². The number of hydrogen-bond donors (Lipinski definition) is 1. The fraction of sp³-hybridized carbons (Fsp3) is 0.286. The molecule has 7 heteroatoms. The van der Waals surface area contributed by atoms with E-state index in [0.717, 1.165) is 22.9 Å². The number of nitrogens with one attached hydrogen (secondary N) is 1. The zero-order chi connectivity index (χ0) is 14.7. The van der Waals surface area contributed by atoms with Crippen molar-refractivity contribution in [2.75, 3.05) is 5.32 Å². The van der Waals surface area contributed by atoms with Gasteiger partial charge in [0.1, 0.15) is 0 Å². The Morgan fingerprint density at radius 3 is 2.71 bits per heavy atom. The molecule has 0 saturated heterocycles. The summed E-state index contributed by atoms with van der Waals surface area (Å²) in [6, 6.07) is 9.87. The summed E-state index contributed by atoms with van der Waals surface area (Å²) in [6.45, 7) is 3.84. The van der Waals surface area contributed by atoms with Gasteiger partial charge in [-0.1, -0.05) is 42.4 Å². The third-order valence-electron chi connectivity index (χ3n) is 3.02. The Balaban J connectivity index is 1.77. The fourth-order valence-corrected chi connectivity index (χ4v) is 2.58. The zero-order valence-corrected chi connectivity index (χ0v) is 12.6. The lowest BCUT2D eigenvalue weighted by molar-refractivity contribution is 0.384. The third kappa shape index (κ3) is 3.08. The van der Waals surface area contributed by atoms with E-state index < -0.39 is 0 Å². The molecular weight excluding hydrogens is 286 g/mol. The first-order valence-corrected chi connectivity index (χ1v) is 7.49. The summed E-state index contributed by atoms with van der Waals surface area (Å²) in [7, 11) is 0. The molecule has 0 fully saturated rings. The monoisotopic (exact) mass is 301 g/mol. The molecule has 0 saturated carbocycles. The Kier molecular flexibility index (Phi) is 3.92. The van der Waals surface area contributed by atoms with E-state index in [1.807, 2.05) is 30.3 Å². The van der Waals surface area contributed by atoms with Crippen molar-refractivity contribution in [2.45, 2.75) is 26.3 Å². The lowest BCUT2D eigenvalue weighted by Gasteiger charge is -2.10. The van der Waals surface area contributed by atoms with E-state index in [1.54, 1.807) is 6.92 Å². The minimum atomic E-state index is -0.0287. The van der Waals surface area contributed by atoms with Gasteiger partial charge < -0.3 is 9.84 Å². The van der Waals surface area contributed by atoms with Crippen molar-refractivity contribution in [3.05, 3.63) is 42.0 Å². The fourth-order valence-electron chi connectivity index (χ4n) is 1.94. The van der Waals surface area contributed by atoms with Gasteiger partial charge in [-0.3, -0.25) is 0 Å². The molecular formula is C14H15N5OS. The highest BCUT2D eigenvalue weighted by atomic mass is 32.1. The molecule has 0 bridgehead atoms. The van der Waals surface area contributed by atoms with Gasteiger partial charge in [-0.2, -0.15) is 14.3 Å². The minimum absolute atomic E-state index is 0.0287. The van der Waals surface area contributed by atoms with E-state index in [4.69, 9.17) is 4.52 Å². The molecule has 0 spiro atoms. The number of benzene rings is 1. The largest absolute Gasteiger partial charge is 0.350 e. The second-order valence-electron chi connectivity index (χ2n) is 4.57. The summed E-state index contributed by atoms with van der Waals surface area (Å²) in [6.07, 6.45) is 0.833. The quantitative estimate of drug-likeness (QED) is 0.777. The molecule has 1 aromatic carbocycles. The number of anilines is 1. The van der Waals surface area contributed by atoms with Crippen LogP contribution in [0.5, 0.6) is 0 Å². The molecule has 3 aromatic rings. The van der Waals surface area contributed by atoms with Gasteiger partial charge >= 0.3 is 0 Å². The average molecular weight is 301 g/mol. The summed E-state index contributed by atoms with van der Waals surface area (Å²) in [5.74, 6) is 1.93. The maximum atomic E-state index is 5.03. The van der Waals surface area contributed by atoms with Crippen LogP contribution in [-0.4, -0.2) is 19.5 Å². The van der Waals surface area contributed by atoms with E-state index >= 15 is 0 Å². The molecule has 1 unspecified atom stereocenters. The molecule has 2 aromatic heterocycles. The molecule has 108 valence electrons. The van der Waals surface area contributed by atoms with Crippen LogP contribution in [0.4, 0.5) is 5.13 Å². The summed E-state index contributed by atoms with van der Waals surface area (Å²) in [4.78, 5) is 8.77. The maximum Gasteiger partial charge on any atom is 0.223 e. The molecule has 0 radical (unpaired) electrons. The van der Waals surface area contributed by atoms with Gasteiger partial charge in [0, 0.05) is 24.0 Å². The highest BCUT2D eigenvalue weighted by molar-refractivity contribution is 7.09. The molecule has 1 N–H and O–H groups in total. The van der Waals surface area contributed by atoms with Crippen LogP contribution >= 0.6 is 11.5 Å². The van der Waals surface area contributed by atoms with Crippen LogP contribution in [0.3, 0.4) is 0 Å². The smallest absolute Gasteiger partial charge is 0.223 e. The van der Waals surface area contributed by atoms with Gasteiger partial charge in [0.25, 0.3) is 0 Å². The van der Waals surface area contributed by atoms with Crippen LogP contribution < -0.4 is 5.32 Å². The second-order valence-corrected chi connectivity index (χ2v) is 5.32. The van der Waals surface area contributed by atoms with E-state index in [0.29, 0.717) is 11.7 Å². The van der Waals surface area contributed by atoms with Crippen molar-refractivity contribution >= 4 is 16.7 Å². The minimum Gasteiger partial charge on any atom is -0.350 e. The van der Waals surface area contributed by atoms with Gasteiger partial charge in [-0.15, -0.1) is 0 Å². The average Bonchev–Trinajstić information content (AvgIpc) is 3.15. The third-order valence-corrected chi connectivity index (χ3v) is 3.67. The van der Waals surface area contributed by atoms with Crippen LogP contribution in [0.1, 0.15) is 31.1 Å². The van der Waals surface area contributed by atoms with Gasteiger partial charge in [-0.05, 0) is 6.42 Å². The summed E-state index contributed by atoms with van der Waals surface area (Å²) in [5.41, 5.74) is 1.00. The molecule has 0 aliphatic heterocycles. The van der Waals surface area contributed by atoms with E-state index in [9.17, 15) is 0 Å². The Morgan fingerprint density at radius 2 is 2.05 bits per heavy atom. The second kappa shape index (κ2) is 6.01. The highest BCUT2D eigenvalue weighted by Gasteiger charge is 2.17. The number of nitrogens with zero attached hydrogens (tertiary/aromatic N) is 4. The topological polar surface area (TPSA) is 76.7 Å². The Bertz CT molecular complexity index is 709. The molecule has 2 heterocycles. The first-order chi connectivity index (χ1) is 10.3. The van der Waals surface area contributed by atoms with Crippen LogP contribution in [0, 0.1) is 6.92 Å². The van der Waals surface area contributed by atoms with Crippen LogP contribution in [-0.2, 0) is 0 Å². The van der Waals surface area contributed by atoms with E-state index in [2.05, 4.69) is 31.7 Å². The van der Waals surface area contributed by atoms with Crippen molar-refractivity contribution < 1.29 is 4.52 Å². The van der Waals surface area contributed by atoms with Gasteiger partial charge in [-0.25, -0.2) is 0 Å². The first kappa shape index (κ1) is 13.7. The number of rotatable bonds is 5. The number of aromatic nitrogens is 4. The lowest BCUT2D eigenvalue weighted by atomic mass is 10.2. The predicted octanol–water partition coefficient (Wildman–Crippen LogP) is 3.46. The summed E-state index contributed by atoms with van der Waals surface area (Å²) >= 11 is 1.33. The molecule has 0 aliphatic carbocycles. The first-order valence-electron chi connectivity index (χ1n) is 6.72. The zero-order valence-electron chi connectivity index (χ0n) is 11.8. The van der Waals surface area contributed by atoms with Gasteiger partial charge in [0.05, 0.1) is 6.04 Å². The Morgan fingerprint density at radius 1 is 1.24 bits per heavy atom. The van der Waals surface area contributed by atoms with Crippen molar-refractivity contribution in [3.8, 4) is 11.4 Å². The highest BCUT2D eigenvalue weighted by Crippen LogP contribution is 2.25. The molecule has 1 atom stereocenters. The molecule has 0 amide bonds. The summed E-state index contributed by atoms with van der Waals surface area (Å²) < 4.78 is 9.40. The Labute approximate surface area is 126 Å². The van der Waals surface area contributed by atoms with Crippen molar-refractivity contribution in [1.82, 2.24) is 19.5 Å². The maximum absolute atomic E-state index is 5.03. The summed E-state index contributed by atoms with van der Waals surface area (Å²) in [5, 5.41) is 8.02. The molecule has 0 aliphatic rings. The van der Waals surface area contributed by atoms with E-state index in [1.165, 1.54) is 11.5 Å². The van der Waals surface area contributed by atoms with Crippen molar-refractivity contribution in [3.63, 3.8) is 0 Å². The number of aryl methyl sites for hydroxylation is 1. The normalized spacial score (nSPS) is 12.3. The molecule has 3 rings (SSSR count). The van der Waals surface area contributed by atoms with Crippen molar-refractivity contribution in [1.29, 1.82) is 0 Å². The van der Waals surface area contributed by atoms with Crippen LogP contribution in [0.2, 0.25) is 0 Å². The molecule has 21 heavy (non-hydrogen) atoms. The Hall–Kier alpha value is -2.28. The van der Waals surface area contributed by atoms with Crippen molar-refractivity contribution in [2.24, 2.45) is 0 Å².